The number of rotatable bonds is 3. The van der Waals surface area contributed by atoms with E-state index < -0.39 is 0 Å². The average Bonchev–Trinajstić information content (AvgIpc) is 2.53. The fraction of sp³-hybridized carbons (Fsp3) is 0.100. The van der Waals surface area contributed by atoms with Crippen LogP contribution in [-0.2, 0) is 0 Å². The van der Waals surface area contributed by atoms with Gasteiger partial charge in [0.1, 0.15) is 0 Å². The maximum absolute atomic E-state index is 3.47. The summed E-state index contributed by atoms with van der Waals surface area (Å²) < 4.78 is 1.10. The first-order valence-corrected chi connectivity index (χ1v) is 8.11. The van der Waals surface area contributed by atoms with Gasteiger partial charge in [0, 0.05) is 15.8 Å². The Balaban J connectivity index is 1.79. The smallest absolute Gasteiger partial charge is 0.0387 e. The Morgan fingerprint density at radius 1 is 0.636 bits per heavy atom. The number of benzene rings is 3. The third-order valence-electron chi connectivity index (χ3n) is 3.86. The molecule has 0 aliphatic heterocycles. The monoisotopic (exact) mass is 351 g/mol. The Morgan fingerprint density at radius 3 is 1.77 bits per heavy atom. The summed E-state index contributed by atoms with van der Waals surface area (Å²) in [6.45, 7) is 4.27. The first kappa shape index (κ1) is 14.9. The highest BCUT2D eigenvalue weighted by Crippen LogP contribution is 2.25. The maximum Gasteiger partial charge on any atom is 0.0387 e. The van der Waals surface area contributed by atoms with Crippen molar-refractivity contribution in [2.45, 2.75) is 13.8 Å². The van der Waals surface area contributed by atoms with E-state index in [2.05, 4.69) is 102 Å². The zero-order valence-corrected chi connectivity index (χ0v) is 14.3. The van der Waals surface area contributed by atoms with Gasteiger partial charge in [-0.25, -0.2) is 0 Å². The number of anilines is 2. The number of hydrogen-bond acceptors (Lipinski definition) is 1. The standard InChI is InChI=1S/C20H18BrN/c1-14-3-10-20(13-15(14)2)22-19-11-6-17(7-12-19)16-4-8-18(21)9-5-16/h3-13,22H,1-2H3. The minimum absolute atomic E-state index is 1.10. The van der Waals surface area contributed by atoms with E-state index in [1.165, 1.54) is 22.3 Å². The molecule has 0 radical (unpaired) electrons. The summed E-state index contributed by atoms with van der Waals surface area (Å²) in [5, 5.41) is 3.45. The summed E-state index contributed by atoms with van der Waals surface area (Å²) in [6.07, 6.45) is 0. The summed E-state index contributed by atoms with van der Waals surface area (Å²) in [7, 11) is 0. The van der Waals surface area contributed by atoms with Crippen LogP contribution in [0.1, 0.15) is 11.1 Å². The van der Waals surface area contributed by atoms with Gasteiger partial charge in [-0.1, -0.05) is 46.3 Å². The predicted molar refractivity (Wildman–Crippen MR) is 98.8 cm³/mol. The minimum Gasteiger partial charge on any atom is -0.356 e. The third-order valence-corrected chi connectivity index (χ3v) is 4.39. The number of halogens is 1. The molecule has 3 aromatic rings. The largest absolute Gasteiger partial charge is 0.356 e. The van der Waals surface area contributed by atoms with Gasteiger partial charge in [0.05, 0.1) is 0 Å². The molecule has 0 aliphatic carbocycles. The number of hydrogen-bond donors (Lipinski definition) is 1. The Hall–Kier alpha value is -2.06. The van der Waals surface area contributed by atoms with E-state index in [1.54, 1.807) is 0 Å². The highest BCUT2D eigenvalue weighted by Gasteiger charge is 2.00. The molecular formula is C20H18BrN. The van der Waals surface area contributed by atoms with Crippen molar-refractivity contribution < 1.29 is 0 Å². The molecule has 0 saturated heterocycles. The van der Waals surface area contributed by atoms with E-state index in [0.717, 1.165) is 15.8 Å². The fourth-order valence-corrected chi connectivity index (χ4v) is 2.64. The van der Waals surface area contributed by atoms with Gasteiger partial charge in [-0.2, -0.15) is 0 Å². The molecule has 0 amide bonds. The highest BCUT2D eigenvalue weighted by molar-refractivity contribution is 9.10. The van der Waals surface area contributed by atoms with Crippen molar-refractivity contribution >= 4 is 27.3 Å². The van der Waals surface area contributed by atoms with Crippen molar-refractivity contribution in [3.05, 3.63) is 82.3 Å². The molecule has 0 heterocycles. The van der Waals surface area contributed by atoms with Gasteiger partial charge < -0.3 is 5.32 Å². The van der Waals surface area contributed by atoms with Crippen molar-refractivity contribution in [3.8, 4) is 11.1 Å². The average molecular weight is 352 g/mol. The van der Waals surface area contributed by atoms with Crippen molar-refractivity contribution in [2.75, 3.05) is 5.32 Å². The quantitative estimate of drug-likeness (QED) is 0.569. The summed E-state index contributed by atoms with van der Waals surface area (Å²) in [6, 6.07) is 23.3. The molecule has 1 nitrogen and oxygen atoms in total. The number of aryl methyl sites for hydroxylation is 2. The lowest BCUT2D eigenvalue weighted by molar-refractivity contribution is 1.34. The first-order chi connectivity index (χ1) is 10.6. The molecule has 2 heteroatoms. The van der Waals surface area contributed by atoms with E-state index in [4.69, 9.17) is 0 Å². The molecule has 0 aromatic heterocycles. The van der Waals surface area contributed by atoms with Crippen molar-refractivity contribution in [2.24, 2.45) is 0 Å². The second-order valence-corrected chi connectivity index (χ2v) is 6.42. The molecule has 110 valence electrons. The van der Waals surface area contributed by atoms with Crippen LogP contribution in [0.4, 0.5) is 11.4 Å². The van der Waals surface area contributed by atoms with Crippen LogP contribution >= 0.6 is 15.9 Å². The van der Waals surface area contributed by atoms with Crippen LogP contribution in [0.2, 0.25) is 0 Å². The lowest BCUT2D eigenvalue weighted by atomic mass is 10.1. The van der Waals surface area contributed by atoms with Crippen LogP contribution in [0.3, 0.4) is 0 Å². The van der Waals surface area contributed by atoms with Crippen molar-refractivity contribution in [1.29, 1.82) is 0 Å². The van der Waals surface area contributed by atoms with E-state index in [9.17, 15) is 0 Å². The lowest BCUT2D eigenvalue weighted by Gasteiger charge is -2.10. The summed E-state index contributed by atoms with van der Waals surface area (Å²) in [5.41, 5.74) is 7.29. The second kappa shape index (κ2) is 6.37. The van der Waals surface area contributed by atoms with Crippen LogP contribution in [-0.4, -0.2) is 0 Å². The van der Waals surface area contributed by atoms with E-state index in [0.29, 0.717) is 0 Å². The Bertz CT molecular complexity index is 774. The van der Waals surface area contributed by atoms with Crippen molar-refractivity contribution in [3.63, 3.8) is 0 Å². The lowest BCUT2D eigenvalue weighted by Crippen LogP contribution is -1.91. The molecule has 0 atom stereocenters. The summed E-state index contributed by atoms with van der Waals surface area (Å²) >= 11 is 3.47. The van der Waals surface area contributed by atoms with Crippen LogP contribution in [0.5, 0.6) is 0 Å². The number of nitrogens with one attached hydrogen (secondary N) is 1. The molecule has 0 spiro atoms. The molecule has 0 aliphatic rings. The zero-order valence-electron chi connectivity index (χ0n) is 12.7. The molecule has 1 N–H and O–H groups in total. The van der Waals surface area contributed by atoms with Gasteiger partial charge >= 0.3 is 0 Å². The third kappa shape index (κ3) is 3.40. The predicted octanol–water partition coefficient (Wildman–Crippen LogP) is 6.48. The van der Waals surface area contributed by atoms with E-state index in [-0.39, 0.29) is 0 Å². The van der Waals surface area contributed by atoms with Gasteiger partial charge in [0.15, 0.2) is 0 Å². The molecule has 22 heavy (non-hydrogen) atoms. The zero-order chi connectivity index (χ0) is 15.5. The van der Waals surface area contributed by atoms with Gasteiger partial charge in [-0.15, -0.1) is 0 Å². The molecule has 0 fully saturated rings. The molecule has 0 saturated carbocycles. The van der Waals surface area contributed by atoms with Crippen LogP contribution < -0.4 is 5.32 Å². The van der Waals surface area contributed by atoms with Gasteiger partial charge in [0.2, 0.25) is 0 Å². The topological polar surface area (TPSA) is 12.0 Å². The first-order valence-electron chi connectivity index (χ1n) is 7.32. The minimum atomic E-state index is 1.10. The molecule has 0 bridgehead atoms. The SMILES string of the molecule is Cc1ccc(Nc2ccc(-c3ccc(Br)cc3)cc2)cc1C. The normalized spacial score (nSPS) is 10.5. The van der Waals surface area contributed by atoms with E-state index >= 15 is 0 Å². The van der Waals surface area contributed by atoms with E-state index in [1.807, 2.05) is 0 Å². The molecular weight excluding hydrogens is 334 g/mol. The summed E-state index contributed by atoms with van der Waals surface area (Å²) in [5.74, 6) is 0. The fourth-order valence-electron chi connectivity index (χ4n) is 2.37. The Kier molecular flexibility index (Phi) is 4.30. The molecule has 3 aromatic carbocycles. The van der Waals surface area contributed by atoms with Gasteiger partial charge in [-0.3, -0.25) is 0 Å². The maximum atomic E-state index is 3.47. The van der Waals surface area contributed by atoms with Crippen LogP contribution in [0.25, 0.3) is 11.1 Å². The summed E-state index contributed by atoms with van der Waals surface area (Å²) in [4.78, 5) is 0. The van der Waals surface area contributed by atoms with Crippen LogP contribution in [0.15, 0.2) is 71.2 Å². The van der Waals surface area contributed by atoms with Gasteiger partial charge in [0.25, 0.3) is 0 Å². The van der Waals surface area contributed by atoms with Crippen molar-refractivity contribution in [1.82, 2.24) is 0 Å². The van der Waals surface area contributed by atoms with Crippen LogP contribution in [0, 0.1) is 13.8 Å². The highest BCUT2D eigenvalue weighted by atomic mass is 79.9. The molecule has 0 unspecified atom stereocenters. The second-order valence-electron chi connectivity index (χ2n) is 5.51. The van der Waals surface area contributed by atoms with Gasteiger partial charge in [-0.05, 0) is 72.5 Å². The molecule has 3 rings (SSSR count). The Morgan fingerprint density at radius 2 is 1.18 bits per heavy atom. The Labute approximate surface area is 140 Å².